The molecule has 4 rings (SSSR count). The molecule has 4 nitrogen and oxygen atoms in total. The van der Waals surface area contributed by atoms with Gasteiger partial charge in [0.25, 0.3) is 0 Å². The van der Waals surface area contributed by atoms with Crippen LogP contribution in [0.4, 0.5) is 17.5 Å². The highest BCUT2D eigenvalue weighted by Crippen LogP contribution is 2.36. The van der Waals surface area contributed by atoms with Gasteiger partial charge < -0.3 is 10.2 Å². The average molecular weight is 379 g/mol. The first-order valence-corrected chi connectivity index (χ1v) is 9.63. The number of benzene rings is 2. The second-order valence-corrected chi connectivity index (χ2v) is 7.47. The van der Waals surface area contributed by atoms with Gasteiger partial charge in [0.05, 0.1) is 6.04 Å². The van der Waals surface area contributed by atoms with E-state index in [1.165, 1.54) is 11.1 Å². The van der Waals surface area contributed by atoms with Crippen molar-refractivity contribution in [3.05, 3.63) is 75.9 Å². The van der Waals surface area contributed by atoms with Crippen molar-refractivity contribution in [2.45, 2.75) is 33.2 Å². The number of rotatable bonds is 3. The van der Waals surface area contributed by atoms with Gasteiger partial charge in [-0.1, -0.05) is 35.9 Å². The summed E-state index contributed by atoms with van der Waals surface area (Å²) < 4.78 is 0. The molecule has 0 spiro atoms. The first kappa shape index (κ1) is 17.8. The third-order valence-corrected chi connectivity index (χ3v) is 5.55. The Hall–Kier alpha value is -2.59. The van der Waals surface area contributed by atoms with E-state index in [9.17, 15) is 0 Å². The van der Waals surface area contributed by atoms with Gasteiger partial charge in [-0.05, 0) is 62.6 Å². The highest BCUT2D eigenvalue weighted by Gasteiger charge is 2.27. The number of fused-ring (bicyclic) bond motifs is 1. The summed E-state index contributed by atoms with van der Waals surface area (Å²) in [6.45, 7) is 7.28. The van der Waals surface area contributed by atoms with E-state index in [0.717, 1.165) is 40.8 Å². The van der Waals surface area contributed by atoms with E-state index in [1.54, 1.807) is 0 Å². The summed E-state index contributed by atoms with van der Waals surface area (Å²) in [7, 11) is 0. The number of nitrogens with zero attached hydrogens (tertiary/aromatic N) is 3. The Balaban J connectivity index is 1.70. The highest BCUT2D eigenvalue weighted by atomic mass is 35.5. The Morgan fingerprint density at radius 1 is 1.07 bits per heavy atom. The van der Waals surface area contributed by atoms with Crippen molar-refractivity contribution >= 4 is 29.1 Å². The molecule has 3 aromatic rings. The minimum absolute atomic E-state index is 0.239. The van der Waals surface area contributed by atoms with Gasteiger partial charge in [0.15, 0.2) is 0 Å². The van der Waals surface area contributed by atoms with Crippen LogP contribution in [0.5, 0.6) is 0 Å². The van der Waals surface area contributed by atoms with Crippen molar-refractivity contribution in [1.82, 2.24) is 9.97 Å². The highest BCUT2D eigenvalue weighted by molar-refractivity contribution is 6.30. The molecule has 1 aliphatic rings. The maximum Gasteiger partial charge on any atom is 0.229 e. The monoisotopic (exact) mass is 378 g/mol. The minimum Gasteiger partial charge on any atom is -0.349 e. The number of para-hydroxylation sites is 1. The summed E-state index contributed by atoms with van der Waals surface area (Å²) in [5.41, 5.74) is 5.75. The van der Waals surface area contributed by atoms with Crippen LogP contribution in [0.2, 0.25) is 5.02 Å². The fourth-order valence-electron chi connectivity index (χ4n) is 3.69. The number of aromatic nitrogens is 2. The third kappa shape index (κ3) is 3.50. The van der Waals surface area contributed by atoms with Crippen molar-refractivity contribution in [3.63, 3.8) is 0 Å². The molecule has 0 radical (unpaired) electrons. The summed E-state index contributed by atoms with van der Waals surface area (Å²) in [6.07, 6.45) is 0.962. The number of nitrogens with one attached hydrogen (secondary N) is 1. The van der Waals surface area contributed by atoms with E-state index in [4.69, 9.17) is 16.6 Å². The summed E-state index contributed by atoms with van der Waals surface area (Å²) in [4.78, 5) is 11.9. The molecule has 5 heteroatoms. The molecule has 27 heavy (non-hydrogen) atoms. The molecule has 0 saturated carbocycles. The molecule has 1 aliphatic heterocycles. The smallest absolute Gasteiger partial charge is 0.229 e. The van der Waals surface area contributed by atoms with Crippen molar-refractivity contribution in [2.24, 2.45) is 0 Å². The number of halogens is 1. The van der Waals surface area contributed by atoms with Crippen molar-refractivity contribution in [3.8, 4) is 0 Å². The lowest BCUT2D eigenvalue weighted by Gasteiger charge is -2.37. The Kier molecular flexibility index (Phi) is 4.75. The Morgan fingerprint density at radius 2 is 1.85 bits per heavy atom. The predicted octanol–water partition coefficient (Wildman–Crippen LogP) is 5.61. The fraction of sp³-hybridized carbons (Fsp3) is 0.273. The molecule has 1 unspecified atom stereocenters. The summed E-state index contributed by atoms with van der Waals surface area (Å²) in [6, 6.07) is 16.5. The quantitative estimate of drug-likeness (QED) is 0.642. The Labute approximate surface area is 165 Å². The molecule has 1 aromatic heterocycles. The van der Waals surface area contributed by atoms with E-state index in [2.05, 4.69) is 41.2 Å². The number of anilines is 3. The number of hydrogen-bond acceptors (Lipinski definition) is 4. The molecule has 2 aromatic carbocycles. The molecular formula is C22H23ClN4. The Morgan fingerprint density at radius 3 is 2.63 bits per heavy atom. The van der Waals surface area contributed by atoms with Gasteiger partial charge in [-0.2, -0.15) is 4.98 Å². The molecule has 0 saturated heterocycles. The van der Waals surface area contributed by atoms with Gasteiger partial charge in [0, 0.05) is 28.5 Å². The molecular weight excluding hydrogens is 356 g/mol. The van der Waals surface area contributed by atoms with Gasteiger partial charge in [0.2, 0.25) is 5.95 Å². The SMILES string of the molecule is Cc1nc(Nc2ccccc2)nc(N2CCc3cc(Cl)ccc3C2C)c1C. The summed E-state index contributed by atoms with van der Waals surface area (Å²) in [5, 5.41) is 4.13. The predicted molar refractivity (Wildman–Crippen MR) is 112 cm³/mol. The molecule has 1 N–H and O–H groups in total. The van der Waals surface area contributed by atoms with Crippen molar-refractivity contribution < 1.29 is 0 Å². The van der Waals surface area contributed by atoms with Crippen LogP contribution in [0.1, 0.15) is 35.3 Å². The molecule has 0 amide bonds. The van der Waals surface area contributed by atoms with E-state index in [1.807, 2.05) is 43.3 Å². The van der Waals surface area contributed by atoms with E-state index >= 15 is 0 Å². The van der Waals surface area contributed by atoms with Crippen molar-refractivity contribution in [2.75, 3.05) is 16.8 Å². The van der Waals surface area contributed by atoms with Crippen LogP contribution in [0.15, 0.2) is 48.5 Å². The molecule has 138 valence electrons. The van der Waals surface area contributed by atoms with Crippen LogP contribution >= 0.6 is 11.6 Å². The first-order chi connectivity index (χ1) is 13.0. The second kappa shape index (κ2) is 7.20. The van der Waals surface area contributed by atoms with Crippen LogP contribution in [0.3, 0.4) is 0 Å². The van der Waals surface area contributed by atoms with Crippen LogP contribution in [0, 0.1) is 13.8 Å². The third-order valence-electron chi connectivity index (χ3n) is 5.31. The molecule has 1 atom stereocenters. The van der Waals surface area contributed by atoms with Gasteiger partial charge >= 0.3 is 0 Å². The van der Waals surface area contributed by atoms with Crippen LogP contribution in [-0.2, 0) is 6.42 Å². The molecule has 0 aliphatic carbocycles. The van der Waals surface area contributed by atoms with Crippen molar-refractivity contribution in [1.29, 1.82) is 0 Å². The lowest BCUT2D eigenvalue weighted by atomic mass is 9.93. The second-order valence-electron chi connectivity index (χ2n) is 7.03. The zero-order valence-electron chi connectivity index (χ0n) is 15.8. The van der Waals surface area contributed by atoms with Gasteiger partial charge in [-0.3, -0.25) is 0 Å². The minimum atomic E-state index is 0.239. The van der Waals surface area contributed by atoms with Crippen LogP contribution < -0.4 is 10.2 Å². The van der Waals surface area contributed by atoms with Gasteiger partial charge in [0.1, 0.15) is 5.82 Å². The fourth-order valence-corrected chi connectivity index (χ4v) is 3.88. The van der Waals surface area contributed by atoms with E-state index in [0.29, 0.717) is 5.95 Å². The summed E-state index contributed by atoms with van der Waals surface area (Å²) in [5.74, 6) is 1.63. The van der Waals surface area contributed by atoms with Gasteiger partial charge in [-0.15, -0.1) is 0 Å². The first-order valence-electron chi connectivity index (χ1n) is 9.25. The van der Waals surface area contributed by atoms with E-state index < -0.39 is 0 Å². The lowest BCUT2D eigenvalue weighted by Crippen LogP contribution is -2.35. The van der Waals surface area contributed by atoms with Gasteiger partial charge in [-0.25, -0.2) is 4.98 Å². The summed E-state index contributed by atoms with van der Waals surface area (Å²) >= 11 is 6.18. The standard InChI is InChI=1S/C22H23ClN4/c1-14-15(2)24-22(25-19-7-5-4-6-8-19)26-21(14)27-12-11-17-13-18(23)9-10-20(17)16(27)3/h4-10,13,16H,11-12H2,1-3H3,(H,24,25,26). The van der Waals surface area contributed by atoms with E-state index in [-0.39, 0.29) is 6.04 Å². The van der Waals surface area contributed by atoms with Crippen LogP contribution in [-0.4, -0.2) is 16.5 Å². The average Bonchev–Trinajstić information content (AvgIpc) is 2.66. The number of hydrogen-bond donors (Lipinski definition) is 1. The molecule has 2 heterocycles. The maximum atomic E-state index is 6.18. The normalized spacial score (nSPS) is 16.1. The zero-order chi connectivity index (χ0) is 19.0. The molecule has 0 bridgehead atoms. The topological polar surface area (TPSA) is 41.1 Å². The zero-order valence-corrected chi connectivity index (χ0v) is 16.6. The maximum absolute atomic E-state index is 6.18. The number of aryl methyl sites for hydroxylation is 1. The lowest BCUT2D eigenvalue weighted by molar-refractivity contribution is 0.614. The Bertz CT molecular complexity index is 972. The largest absolute Gasteiger partial charge is 0.349 e. The van der Waals surface area contributed by atoms with Crippen LogP contribution in [0.25, 0.3) is 0 Å². The molecule has 0 fully saturated rings.